The molecule has 126 valence electrons. The summed E-state index contributed by atoms with van der Waals surface area (Å²) in [6.45, 7) is 0. The van der Waals surface area contributed by atoms with Crippen LogP contribution in [0.1, 0.15) is 47.8 Å². The van der Waals surface area contributed by atoms with Crippen molar-refractivity contribution in [3.05, 3.63) is 66.1 Å². The lowest BCUT2D eigenvalue weighted by molar-refractivity contribution is 0.102. The summed E-state index contributed by atoms with van der Waals surface area (Å²) < 4.78 is 5.44. The standard InChI is InChI=1S/C20H19N3O2/c24-19(14-7-2-1-3-8-14)21-17-12-6-11-16(13-17)18-22-20(25-23-18)15-9-4-5-10-15/h1-3,6-8,11-13,15H,4-5,9-10H2,(H,21,24). The van der Waals surface area contributed by atoms with Crippen LogP contribution < -0.4 is 5.32 Å². The van der Waals surface area contributed by atoms with Crippen molar-refractivity contribution in [1.82, 2.24) is 10.1 Å². The molecule has 25 heavy (non-hydrogen) atoms. The van der Waals surface area contributed by atoms with Crippen molar-refractivity contribution < 1.29 is 9.32 Å². The number of anilines is 1. The molecule has 1 amide bonds. The minimum absolute atomic E-state index is 0.141. The molecule has 1 fully saturated rings. The van der Waals surface area contributed by atoms with Gasteiger partial charge in [-0.05, 0) is 37.1 Å². The van der Waals surface area contributed by atoms with Gasteiger partial charge in [0.05, 0.1) is 0 Å². The summed E-state index contributed by atoms with van der Waals surface area (Å²) in [4.78, 5) is 16.8. The van der Waals surface area contributed by atoms with Crippen molar-refractivity contribution >= 4 is 11.6 Å². The summed E-state index contributed by atoms with van der Waals surface area (Å²) in [5, 5.41) is 7.02. The number of rotatable bonds is 4. The van der Waals surface area contributed by atoms with Gasteiger partial charge in [0.15, 0.2) is 0 Å². The summed E-state index contributed by atoms with van der Waals surface area (Å²) in [6.07, 6.45) is 4.69. The monoisotopic (exact) mass is 333 g/mol. The maximum Gasteiger partial charge on any atom is 0.255 e. The molecule has 1 N–H and O–H groups in total. The van der Waals surface area contributed by atoms with Crippen molar-refractivity contribution in [2.45, 2.75) is 31.6 Å². The van der Waals surface area contributed by atoms with E-state index in [0.717, 1.165) is 24.3 Å². The SMILES string of the molecule is O=C(Nc1cccc(-c2noc(C3CCCC3)n2)c1)c1ccccc1. The van der Waals surface area contributed by atoms with Crippen molar-refractivity contribution in [3.63, 3.8) is 0 Å². The van der Waals surface area contributed by atoms with Gasteiger partial charge in [0.2, 0.25) is 11.7 Å². The van der Waals surface area contributed by atoms with Gasteiger partial charge in [-0.1, -0.05) is 48.3 Å². The van der Waals surface area contributed by atoms with E-state index in [2.05, 4.69) is 15.5 Å². The molecular weight excluding hydrogens is 314 g/mol. The fourth-order valence-electron chi connectivity index (χ4n) is 3.22. The van der Waals surface area contributed by atoms with Crippen molar-refractivity contribution in [2.75, 3.05) is 5.32 Å². The van der Waals surface area contributed by atoms with Crippen LogP contribution in [0.25, 0.3) is 11.4 Å². The second-order valence-electron chi connectivity index (χ2n) is 6.34. The minimum Gasteiger partial charge on any atom is -0.339 e. The normalized spacial score (nSPS) is 14.6. The highest BCUT2D eigenvalue weighted by molar-refractivity contribution is 6.04. The lowest BCUT2D eigenvalue weighted by Crippen LogP contribution is -2.11. The molecule has 0 aliphatic heterocycles. The fourth-order valence-corrected chi connectivity index (χ4v) is 3.22. The van der Waals surface area contributed by atoms with Gasteiger partial charge < -0.3 is 9.84 Å². The first kappa shape index (κ1) is 15.6. The molecule has 4 rings (SSSR count). The van der Waals surface area contributed by atoms with Crippen LogP contribution in [0.2, 0.25) is 0 Å². The van der Waals surface area contributed by atoms with Crippen LogP contribution in [0.3, 0.4) is 0 Å². The molecule has 3 aromatic rings. The zero-order valence-electron chi connectivity index (χ0n) is 13.8. The first-order valence-corrected chi connectivity index (χ1v) is 8.60. The van der Waals surface area contributed by atoms with E-state index >= 15 is 0 Å². The lowest BCUT2D eigenvalue weighted by Gasteiger charge is -2.06. The predicted octanol–water partition coefficient (Wildman–Crippen LogP) is 4.65. The molecule has 5 heteroatoms. The zero-order valence-corrected chi connectivity index (χ0v) is 13.8. The van der Waals surface area contributed by atoms with Gasteiger partial charge in [-0.2, -0.15) is 4.98 Å². The van der Waals surface area contributed by atoms with Crippen LogP contribution in [-0.2, 0) is 0 Å². The molecule has 1 aromatic heterocycles. The average Bonchev–Trinajstić information content (AvgIpc) is 3.34. The largest absolute Gasteiger partial charge is 0.339 e. The first-order valence-electron chi connectivity index (χ1n) is 8.60. The Morgan fingerprint density at radius 3 is 2.64 bits per heavy atom. The van der Waals surface area contributed by atoms with Crippen LogP contribution in [0, 0.1) is 0 Å². The molecule has 1 aliphatic rings. The Labute approximate surface area is 146 Å². The molecule has 1 heterocycles. The quantitative estimate of drug-likeness (QED) is 0.755. The Bertz CT molecular complexity index is 867. The van der Waals surface area contributed by atoms with Gasteiger partial charge in [0.25, 0.3) is 5.91 Å². The van der Waals surface area contributed by atoms with Crippen LogP contribution in [0.4, 0.5) is 5.69 Å². The molecule has 1 saturated carbocycles. The van der Waals surface area contributed by atoms with Crippen LogP contribution >= 0.6 is 0 Å². The number of nitrogens with one attached hydrogen (secondary N) is 1. The molecule has 5 nitrogen and oxygen atoms in total. The van der Waals surface area contributed by atoms with Gasteiger partial charge in [0, 0.05) is 22.7 Å². The number of hydrogen-bond donors (Lipinski definition) is 1. The number of hydrogen-bond acceptors (Lipinski definition) is 4. The zero-order chi connectivity index (χ0) is 17.1. The molecule has 0 unspecified atom stereocenters. The van der Waals surface area contributed by atoms with Gasteiger partial charge in [0.1, 0.15) is 0 Å². The Hall–Kier alpha value is -2.95. The van der Waals surface area contributed by atoms with E-state index in [1.807, 2.05) is 42.5 Å². The molecule has 0 atom stereocenters. The number of amides is 1. The first-order chi connectivity index (χ1) is 12.3. The van der Waals surface area contributed by atoms with Crippen LogP contribution in [0.15, 0.2) is 59.1 Å². The number of carbonyl (C=O) groups is 1. The third-order valence-corrected chi connectivity index (χ3v) is 4.56. The predicted molar refractivity (Wildman–Crippen MR) is 95.3 cm³/mol. The molecule has 2 aromatic carbocycles. The molecule has 0 spiro atoms. The van der Waals surface area contributed by atoms with E-state index in [9.17, 15) is 4.79 Å². The number of aromatic nitrogens is 2. The second kappa shape index (κ2) is 6.89. The number of carbonyl (C=O) groups excluding carboxylic acids is 1. The highest BCUT2D eigenvalue weighted by atomic mass is 16.5. The molecule has 1 aliphatic carbocycles. The van der Waals surface area contributed by atoms with E-state index < -0.39 is 0 Å². The van der Waals surface area contributed by atoms with Crippen LogP contribution in [-0.4, -0.2) is 16.0 Å². The third-order valence-electron chi connectivity index (χ3n) is 4.56. The molecule has 0 bridgehead atoms. The van der Waals surface area contributed by atoms with E-state index in [0.29, 0.717) is 23.0 Å². The van der Waals surface area contributed by atoms with Crippen LogP contribution in [0.5, 0.6) is 0 Å². The summed E-state index contributed by atoms with van der Waals surface area (Å²) in [6, 6.07) is 16.6. The summed E-state index contributed by atoms with van der Waals surface area (Å²) in [7, 11) is 0. The average molecular weight is 333 g/mol. The third kappa shape index (κ3) is 3.45. The number of benzene rings is 2. The highest BCUT2D eigenvalue weighted by Crippen LogP contribution is 2.34. The summed E-state index contributed by atoms with van der Waals surface area (Å²) >= 11 is 0. The van der Waals surface area contributed by atoms with E-state index in [4.69, 9.17) is 4.52 Å². The van der Waals surface area contributed by atoms with Crippen molar-refractivity contribution in [2.24, 2.45) is 0 Å². The smallest absolute Gasteiger partial charge is 0.255 e. The Morgan fingerprint density at radius 1 is 1.04 bits per heavy atom. The van der Waals surface area contributed by atoms with Crippen molar-refractivity contribution in [1.29, 1.82) is 0 Å². The second-order valence-corrected chi connectivity index (χ2v) is 6.34. The highest BCUT2D eigenvalue weighted by Gasteiger charge is 2.23. The summed E-state index contributed by atoms with van der Waals surface area (Å²) in [5.74, 6) is 1.55. The Morgan fingerprint density at radius 2 is 1.84 bits per heavy atom. The van der Waals surface area contributed by atoms with Gasteiger partial charge in [-0.15, -0.1) is 0 Å². The molecule has 0 radical (unpaired) electrons. The van der Waals surface area contributed by atoms with Crippen molar-refractivity contribution in [3.8, 4) is 11.4 Å². The van der Waals surface area contributed by atoms with Gasteiger partial charge in [-0.3, -0.25) is 4.79 Å². The number of nitrogens with zero attached hydrogens (tertiary/aromatic N) is 2. The fraction of sp³-hybridized carbons (Fsp3) is 0.250. The van der Waals surface area contributed by atoms with E-state index in [-0.39, 0.29) is 5.91 Å². The lowest BCUT2D eigenvalue weighted by atomic mass is 10.1. The van der Waals surface area contributed by atoms with E-state index in [1.165, 1.54) is 12.8 Å². The maximum atomic E-state index is 12.3. The Kier molecular flexibility index (Phi) is 4.29. The van der Waals surface area contributed by atoms with Gasteiger partial charge >= 0.3 is 0 Å². The van der Waals surface area contributed by atoms with Gasteiger partial charge in [-0.25, -0.2) is 0 Å². The van der Waals surface area contributed by atoms with E-state index in [1.54, 1.807) is 12.1 Å². The minimum atomic E-state index is -0.141. The summed E-state index contributed by atoms with van der Waals surface area (Å²) in [5.41, 5.74) is 2.16. The maximum absolute atomic E-state index is 12.3. The Balaban J connectivity index is 1.52. The topological polar surface area (TPSA) is 68.0 Å². The molecule has 0 saturated heterocycles. The molecular formula is C20H19N3O2.